The maximum atomic E-state index is 11.2. The van der Waals surface area contributed by atoms with Gasteiger partial charge in [-0.3, -0.25) is 0 Å². The SMILES string of the molecule is CCOCCO.COC(=O)c1ccccc1C(=O)OC. The molecule has 0 bridgehead atoms. The average Bonchev–Trinajstić information content (AvgIpc) is 2.51. The molecule has 1 aromatic carbocycles. The van der Waals surface area contributed by atoms with Crippen LogP contribution in [0.1, 0.15) is 27.6 Å². The number of carbonyl (C=O) groups is 2. The largest absolute Gasteiger partial charge is 0.465 e. The highest BCUT2D eigenvalue weighted by molar-refractivity contribution is 6.02. The summed E-state index contributed by atoms with van der Waals surface area (Å²) in [4.78, 5) is 22.4. The Morgan fingerprint density at radius 3 is 1.75 bits per heavy atom. The van der Waals surface area contributed by atoms with E-state index in [-0.39, 0.29) is 17.7 Å². The van der Waals surface area contributed by atoms with Gasteiger partial charge in [-0.05, 0) is 19.1 Å². The summed E-state index contributed by atoms with van der Waals surface area (Å²) in [6, 6.07) is 6.33. The molecule has 0 aromatic heterocycles. The third-order valence-electron chi connectivity index (χ3n) is 2.18. The number of benzene rings is 1. The summed E-state index contributed by atoms with van der Waals surface area (Å²) < 4.78 is 13.8. The summed E-state index contributed by atoms with van der Waals surface area (Å²) in [5.74, 6) is -1.10. The van der Waals surface area contributed by atoms with Gasteiger partial charge >= 0.3 is 11.9 Å². The Balaban J connectivity index is 0.000000511. The van der Waals surface area contributed by atoms with Crippen LogP contribution < -0.4 is 0 Å². The van der Waals surface area contributed by atoms with E-state index in [1.54, 1.807) is 12.1 Å². The normalized spacial score (nSPS) is 9.20. The average molecular weight is 284 g/mol. The van der Waals surface area contributed by atoms with Crippen LogP contribution in [0.25, 0.3) is 0 Å². The van der Waals surface area contributed by atoms with Crippen molar-refractivity contribution < 1.29 is 28.9 Å². The van der Waals surface area contributed by atoms with Crippen LogP contribution >= 0.6 is 0 Å². The molecular formula is C14H20O6. The van der Waals surface area contributed by atoms with Crippen molar-refractivity contribution >= 4 is 11.9 Å². The second-order valence-electron chi connectivity index (χ2n) is 3.45. The molecular weight excluding hydrogens is 264 g/mol. The van der Waals surface area contributed by atoms with Gasteiger partial charge in [0.05, 0.1) is 38.6 Å². The monoisotopic (exact) mass is 284 g/mol. The van der Waals surface area contributed by atoms with Crippen LogP contribution in [-0.2, 0) is 14.2 Å². The highest BCUT2D eigenvalue weighted by atomic mass is 16.5. The van der Waals surface area contributed by atoms with E-state index in [1.165, 1.54) is 26.4 Å². The van der Waals surface area contributed by atoms with Crippen LogP contribution in [0.3, 0.4) is 0 Å². The summed E-state index contributed by atoms with van der Waals surface area (Å²) in [6.45, 7) is 3.20. The standard InChI is InChI=1S/C10H10O4.C4H10O2/c1-13-9(11)7-5-3-4-6-8(7)10(12)14-2;1-2-6-4-3-5/h3-6H,1-2H3;5H,2-4H2,1H3. The first kappa shape index (κ1) is 18.1. The van der Waals surface area contributed by atoms with Crippen molar-refractivity contribution in [1.29, 1.82) is 0 Å². The summed E-state index contributed by atoms with van der Waals surface area (Å²) in [5, 5.41) is 8.07. The molecule has 20 heavy (non-hydrogen) atoms. The molecule has 0 spiro atoms. The smallest absolute Gasteiger partial charge is 0.338 e. The van der Waals surface area contributed by atoms with Gasteiger partial charge in [0.2, 0.25) is 0 Å². The molecule has 1 N–H and O–H groups in total. The number of hydrogen-bond acceptors (Lipinski definition) is 6. The number of rotatable bonds is 5. The molecule has 0 aliphatic heterocycles. The van der Waals surface area contributed by atoms with E-state index in [2.05, 4.69) is 9.47 Å². The highest BCUT2D eigenvalue weighted by Gasteiger charge is 2.16. The van der Waals surface area contributed by atoms with Gasteiger partial charge in [-0.25, -0.2) is 9.59 Å². The zero-order valence-electron chi connectivity index (χ0n) is 11.9. The molecule has 0 amide bonds. The number of aliphatic hydroxyl groups is 1. The molecule has 6 nitrogen and oxygen atoms in total. The Morgan fingerprint density at radius 2 is 1.50 bits per heavy atom. The van der Waals surface area contributed by atoms with Crippen LogP contribution in [0.2, 0.25) is 0 Å². The lowest BCUT2D eigenvalue weighted by Crippen LogP contribution is -2.11. The van der Waals surface area contributed by atoms with Crippen molar-refractivity contribution in [3.05, 3.63) is 35.4 Å². The van der Waals surface area contributed by atoms with E-state index in [9.17, 15) is 9.59 Å². The van der Waals surface area contributed by atoms with Crippen molar-refractivity contribution in [2.24, 2.45) is 0 Å². The van der Waals surface area contributed by atoms with Crippen LogP contribution in [0, 0.1) is 0 Å². The van der Waals surface area contributed by atoms with Crippen LogP contribution in [0.4, 0.5) is 0 Å². The number of methoxy groups -OCH3 is 2. The molecule has 1 aromatic rings. The van der Waals surface area contributed by atoms with Crippen molar-refractivity contribution in [3.63, 3.8) is 0 Å². The van der Waals surface area contributed by atoms with E-state index in [0.29, 0.717) is 13.2 Å². The predicted molar refractivity (Wildman–Crippen MR) is 72.7 cm³/mol. The molecule has 6 heteroatoms. The Morgan fingerprint density at radius 1 is 1.05 bits per heavy atom. The van der Waals surface area contributed by atoms with Crippen molar-refractivity contribution in [3.8, 4) is 0 Å². The first-order chi connectivity index (χ1) is 9.62. The molecule has 1 rings (SSSR count). The first-order valence-electron chi connectivity index (χ1n) is 6.06. The van der Waals surface area contributed by atoms with Gasteiger partial charge in [-0.2, -0.15) is 0 Å². The van der Waals surface area contributed by atoms with E-state index < -0.39 is 11.9 Å². The second kappa shape index (κ2) is 11.0. The molecule has 0 atom stereocenters. The minimum absolute atomic E-state index is 0.133. The fourth-order valence-corrected chi connectivity index (χ4v) is 1.27. The fourth-order valence-electron chi connectivity index (χ4n) is 1.27. The molecule has 0 unspecified atom stereocenters. The lowest BCUT2D eigenvalue weighted by Gasteiger charge is -2.04. The second-order valence-corrected chi connectivity index (χ2v) is 3.45. The van der Waals surface area contributed by atoms with Gasteiger partial charge in [0.25, 0.3) is 0 Å². The van der Waals surface area contributed by atoms with Gasteiger partial charge in [-0.15, -0.1) is 0 Å². The van der Waals surface area contributed by atoms with Gasteiger partial charge in [0.15, 0.2) is 0 Å². The quantitative estimate of drug-likeness (QED) is 0.648. The lowest BCUT2D eigenvalue weighted by atomic mass is 10.1. The number of carbonyl (C=O) groups excluding carboxylic acids is 2. The summed E-state index contributed by atoms with van der Waals surface area (Å²) in [6.07, 6.45) is 0. The molecule has 0 fully saturated rings. The van der Waals surface area contributed by atoms with E-state index in [1.807, 2.05) is 6.92 Å². The van der Waals surface area contributed by atoms with E-state index in [0.717, 1.165) is 0 Å². The van der Waals surface area contributed by atoms with E-state index in [4.69, 9.17) is 9.84 Å². The number of hydrogen-bond donors (Lipinski definition) is 1. The Kier molecular flexibility index (Phi) is 9.90. The minimum atomic E-state index is -0.550. The van der Waals surface area contributed by atoms with Crippen LogP contribution in [0.5, 0.6) is 0 Å². The predicted octanol–water partition coefficient (Wildman–Crippen LogP) is 1.28. The molecule has 0 saturated heterocycles. The Bertz CT molecular complexity index is 377. The van der Waals surface area contributed by atoms with Gasteiger partial charge < -0.3 is 19.3 Å². The number of esters is 2. The molecule has 0 saturated carbocycles. The molecule has 0 aliphatic carbocycles. The maximum Gasteiger partial charge on any atom is 0.338 e. The Hall–Kier alpha value is -1.92. The molecule has 0 heterocycles. The minimum Gasteiger partial charge on any atom is -0.465 e. The topological polar surface area (TPSA) is 82.1 Å². The third-order valence-corrected chi connectivity index (χ3v) is 2.18. The Labute approximate surface area is 118 Å². The summed E-state index contributed by atoms with van der Waals surface area (Å²) in [5.41, 5.74) is 0.420. The van der Waals surface area contributed by atoms with Crippen molar-refractivity contribution in [2.45, 2.75) is 6.92 Å². The highest BCUT2D eigenvalue weighted by Crippen LogP contribution is 2.10. The zero-order valence-corrected chi connectivity index (χ0v) is 11.9. The van der Waals surface area contributed by atoms with E-state index >= 15 is 0 Å². The fraction of sp³-hybridized carbons (Fsp3) is 0.429. The number of ether oxygens (including phenoxy) is 3. The number of aliphatic hydroxyl groups excluding tert-OH is 1. The summed E-state index contributed by atoms with van der Waals surface area (Å²) >= 11 is 0. The zero-order chi connectivity index (χ0) is 15.4. The first-order valence-corrected chi connectivity index (χ1v) is 6.06. The van der Waals surface area contributed by atoms with Crippen molar-refractivity contribution in [2.75, 3.05) is 34.0 Å². The van der Waals surface area contributed by atoms with Gasteiger partial charge in [0, 0.05) is 6.61 Å². The summed E-state index contributed by atoms with van der Waals surface area (Å²) in [7, 11) is 2.52. The maximum absolute atomic E-state index is 11.2. The lowest BCUT2D eigenvalue weighted by molar-refractivity contribution is 0.0555. The molecule has 0 radical (unpaired) electrons. The molecule has 0 aliphatic rings. The van der Waals surface area contributed by atoms with Crippen molar-refractivity contribution in [1.82, 2.24) is 0 Å². The third kappa shape index (κ3) is 6.31. The van der Waals surface area contributed by atoms with Crippen LogP contribution in [-0.4, -0.2) is 51.1 Å². The van der Waals surface area contributed by atoms with Gasteiger partial charge in [0.1, 0.15) is 0 Å². The van der Waals surface area contributed by atoms with Crippen LogP contribution in [0.15, 0.2) is 24.3 Å². The van der Waals surface area contributed by atoms with Gasteiger partial charge in [-0.1, -0.05) is 12.1 Å². The molecule has 112 valence electrons.